The number of hydrogen-bond donors (Lipinski definition) is 1. The smallest absolute Gasteiger partial charge is 0.261 e. The van der Waals surface area contributed by atoms with Gasteiger partial charge in [-0.3, -0.25) is 14.2 Å². The third kappa shape index (κ3) is 4.18. The standard InChI is InChI=1S/C18H15Cl2N3O2/c19-12-7-8-16(14(20)10-12)22-17(24)6-3-9-23-11-21-15-5-2-1-4-13(15)18(23)25/h1-2,4-5,7-8,10-11H,3,6,9H2,(H,22,24). The van der Waals surface area contributed by atoms with Crippen LogP contribution in [-0.2, 0) is 11.3 Å². The quantitative estimate of drug-likeness (QED) is 0.729. The normalized spacial score (nSPS) is 10.8. The van der Waals surface area contributed by atoms with Crippen LogP contribution in [-0.4, -0.2) is 15.5 Å². The Hall–Kier alpha value is -2.37. The number of nitrogens with one attached hydrogen (secondary N) is 1. The van der Waals surface area contributed by atoms with E-state index in [4.69, 9.17) is 23.2 Å². The molecule has 5 nitrogen and oxygen atoms in total. The van der Waals surface area contributed by atoms with Crippen LogP contribution in [0.25, 0.3) is 10.9 Å². The Balaban J connectivity index is 1.60. The molecule has 2 aromatic carbocycles. The number of benzene rings is 2. The zero-order valence-electron chi connectivity index (χ0n) is 13.2. The molecule has 0 aliphatic heterocycles. The summed E-state index contributed by atoms with van der Waals surface area (Å²) >= 11 is 11.9. The average molecular weight is 376 g/mol. The van der Waals surface area contributed by atoms with Crippen LogP contribution in [0.2, 0.25) is 10.0 Å². The molecule has 3 aromatic rings. The van der Waals surface area contributed by atoms with Crippen LogP contribution < -0.4 is 10.9 Å². The van der Waals surface area contributed by atoms with Gasteiger partial charge >= 0.3 is 0 Å². The molecule has 7 heteroatoms. The van der Waals surface area contributed by atoms with Crippen molar-refractivity contribution < 1.29 is 4.79 Å². The average Bonchev–Trinajstić information content (AvgIpc) is 2.60. The summed E-state index contributed by atoms with van der Waals surface area (Å²) < 4.78 is 1.52. The molecule has 0 saturated heterocycles. The lowest BCUT2D eigenvalue weighted by Gasteiger charge is -2.09. The van der Waals surface area contributed by atoms with Crippen LogP contribution >= 0.6 is 23.2 Å². The van der Waals surface area contributed by atoms with Crippen molar-refractivity contribution in [2.24, 2.45) is 0 Å². The monoisotopic (exact) mass is 375 g/mol. The van der Waals surface area contributed by atoms with Gasteiger partial charge in [-0.2, -0.15) is 0 Å². The molecule has 1 heterocycles. The second kappa shape index (κ2) is 7.68. The van der Waals surface area contributed by atoms with Crippen LogP contribution in [0.4, 0.5) is 5.69 Å². The van der Waals surface area contributed by atoms with Gasteiger partial charge in [0.2, 0.25) is 5.91 Å². The van der Waals surface area contributed by atoms with E-state index in [0.717, 1.165) is 0 Å². The molecule has 0 saturated carbocycles. The Kier molecular flexibility index (Phi) is 5.36. The summed E-state index contributed by atoms with van der Waals surface area (Å²) in [6.07, 6.45) is 2.29. The van der Waals surface area contributed by atoms with Crippen LogP contribution in [0.1, 0.15) is 12.8 Å². The van der Waals surface area contributed by atoms with E-state index in [1.165, 1.54) is 10.9 Å². The second-order valence-electron chi connectivity index (χ2n) is 5.54. The fourth-order valence-electron chi connectivity index (χ4n) is 2.48. The molecule has 0 spiro atoms. The molecule has 1 aromatic heterocycles. The number of para-hydroxylation sites is 1. The van der Waals surface area contributed by atoms with Gasteiger partial charge in [-0.1, -0.05) is 35.3 Å². The number of carbonyl (C=O) groups is 1. The molecule has 0 atom stereocenters. The summed E-state index contributed by atoms with van der Waals surface area (Å²) in [7, 11) is 0. The highest BCUT2D eigenvalue weighted by Crippen LogP contribution is 2.25. The zero-order chi connectivity index (χ0) is 17.8. The summed E-state index contributed by atoms with van der Waals surface area (Å²) in [6.45, 7) is 0.415. The molecule has 1 N–H and O–H groups in total. The van der Waals surface area contributed by atoms with E-state index >= 15 is 0 Å². The van der Waals surface area contributed by atoms with Crippen molar-refractivity contribution in [1.29, 1.82) is 0 Å². The van der Waals surface area contributed by atoms with Gasteiger partial charge in [0, 0.05) is 18.0 Å². The van der Waals surface area contributed by atoms with E-state index < -0.39 is 0 Å². The van der Waals surface area contributed by atoms with Crippen molar-refractivity contribution in [2.45, 2.75) is 19.4 Å². The van der Waals surface area contributed by atoms with Crippen molar-refractivity contribution in [3.63, 3.8) is 0 Å². The minimum Gasteiger partial charge on any atom is -0.325 e. The highest BCUT2D eigenvalue weighted by Gasteiger charge is 2.08. The lowest BCUT2D eigenvalue weighted by molar-refractivity contribution is -0.116. The number of amides is 1. The molecule has 0 radical (unpaired) electrons. The van der Waals surface area contributed by atoms with Crippen LogP contribution in [0, 0.1) is 0 Å². The van der Waals surface area contributed by atoms with Crippen molar-refractivity contribution in [3.05, 3.63) is 69.2 Å². The number of fused-ring (bicyclic) bond motifs is 1. The Morgan fingerprint density at radius 2 is 1.96 bits per heavy atom. The fraction of sp³-hybridized carbons (Fsp3) is 0.167. The molecule has 0 aliphatic rings. The molecule has 0 fully saturated rings. The Labute approximate surface area is 154 Å². The molecule has 25 heavy (non-hydrogen) atoms. The number of nitrogens with zero attached hydrogens (tertiary/aromatic N) is 2. The lowest BCUT2D eigenvalue weighted by atomic mass is 10.2. The number of aromatic nitrogens is 2. The number of carbonyl (C=O) groups excluding carboxylic acids is 1. The van der Waals surface area contributed by atoms with Crippen molar-refractivity contribution in [3.8, 4) is 0 Å². The Morgan fingerprint density at radius 1 is 1.16 bits per heavy atom. The predicted octanol–water partition coefficient (Wildman–Crippen LogP) is 4.12. The molecule has 128 valence electrons. The lowest BCUT2D eigenvalue weighted by Crippen LogP contribution is -2.21. The van der Waals surface area contributed by atoms with Gasteiger partial charge in [0.1, 0.15) is 0 Å². The summed E-state index contributed by atoms with van der Waals surface area (Å²) in [5.41, 5.74) is 1.08. The summed E-state index contributed by atoms with van der Waals surface area (Å²) in [5, 5.41) is 4.20. The third-order valence-corrected chi connectivity index (χ3v) is 4.29. The molecule has 0 bridgehead atoms. The van der Waals surface area contributed by atoms with Crippen LogP contribution in [0.15, 0.2) is 53.6 Å². The molecular weight excluding hydrogens is 361 g/mol. The first-order chi connectivity index (χ1) is 12.0. The van der Waals surface area contributed by atoms with E-state index in [2.05, 4.69) is 10.3 Å². The number of halogens is 2. The first-order valence-corrected chi connectivity index (χ1v) is 8.49. The molecular formula is C18H15Cl2N3O2. The first kappa shape index (κ1) is 17.5. The highest BCUT2D eigenvalue weighted by atomic mass is 35.5. The number of aryl methyl sites for hydroxylation is 1. The summed E-state index contributed by atoms with van der Waals surface area (Å²) in [5.74, 6) is -0.175. The molecule has 1 amide bonds. The van der Waals surface area contributed by atoms with Gasteiger partial charge in [-0.25, -0.2) is 4.98 Å². The summed E-state index contributed by atoms with van der Waals surface area (Å²) in [6, 6.07) is 12.1. The van der Waals surface area contributed by atoms with Gasteiger partial charge in [-0.15, -0.1) is 0 Å². The molecule has 0 aliphatic carbocycles. The second-order valence-corrected chi connectivity index (χ2v) is 6.38. The zero-order valence-corrected chi connectivity index (χ0v) is 14.7. The third-order valence-electron chi connectivity index (χ3n) is 3.74. The van der Waals surface area contributed by atoms with Gasteiger partial charge in [0.15, 0.2) is 0 Å². The molecule has 0 unspecified atom stereocenters. The largest absolute Gasteiger partial charge is 0.325 e. The van der Waals surface area contributed by atoms with E-state index in [1.807, 2.05) is 6.07 Å². The number of rotatable bonds is 5. The van der Waals surface area contributed by atoms with E-state index in [9.17, 15) is 9.59 Å². The number of anilines is 1. The van der Waals surface area contributed by atoms with E-state index in [-0.39, 0.29) is 17.9 Å². The van der Waals surface area contributed by atoms with Gasteiger partial charge in [0.05, 0.1) is 27.9 Å². The Morgan fingerprint density at radius 3 is 2.76 bits per heavy atom. The maximum absolute atomic E-state index is 12.4. The predicted molar refractivity (Wildman–Crippen MR) is 100 cm³/mol. The first-order valence-electron chi connectivity index (χ1n) is 7.73. The minimum atomic E-state index is -0.175. The fourth-order valence-corrected chi connectivity index (χ4v) is 2.93. The van der Waals surface area contributed by atoms with Crippen molar-refractivity contribution in [1.82, 2.24) is 9.55 Å². The number of hydrogen-bond acceptors (Lipinski definition) is 3. The topological polar surface area (TPSA) is 64.0 Å². The summed E-state index contributed by atoms with van der Waals surface area (Å²) in [4.78, 5) is 28.7. The van der Waals surface area contributed by atoms with E-state index in [0.29, 0.717) is 39.6 Å². The minimum absolute atomic E-state index is 0.105. The van der Waals surface area contributed by atoms with Crippen LogP contribution in [0.3, 0.4) is 0 Å². The van der Waals surface area contributed by atoms with Gasteiger partial charge < -0.3 is 5.32 Å². The maximum Gasteiger partial charge on any atom is 0.261 e. The van der Waals surface area contributed by atoms with Crippen molar-refractivity contribution in [2.75, 3.05) is 5.32 Å². The van der Waals surface area contributed by atoms with Gasteiger partial charge in [0.25, 0.3) is 5.56 Å². The molecule has 3 rings (SSSR count). The Bertz CT molecular complexity index is 985. The highest BCUT2D eigenvalue weighted by molar-refractivity contribution is 6.36. The SMILES string of the molecule is O=C(CCCn1cnc2ccccc2c1=O)Nc1ccc(Cl)cc1Cl. The van der Waals surface area contributed by atoms with Gasteiger partial charge in [-0.05, 0) is 36.8 Å². The maximum atomic E-state index is 12.4. The van der Waals surface area contributed by atoms with Crippen molar-refractivity contribution >= 4 is 45.7 Å². The van der Waals surface area contributed by atoms with E-state index in [1.54, 1.807) is 36.4 Å². The van der Waals surface area contributed by atoms with Crippen LogP contribution in [0.5, 0.6) is 0 Å².